The Kier molecular flexibility index (Phi) is 8.88. The van der Waals surface area contributed by atoms with Crippen LogP contribution in [0.5, 0.6) is 0 Å². The summed E-state index contributed by atoms with van der Waals surface area (Å²) in [4.78, 5) is 23.0. The van der Waals surface area contributed by atoms with Crippen molar-refractivity contribution in [2.24, 2.45) is 0 Å². The van der Waals surface area contributed by atoms with Crippen molar-refractivity contribution in [1.29, 1.82) is 0 Å². The van der Waals surface area contributed by atoms with Gasteiger partial charge in [0.25, 0.3) is 0 Å². The van der Waals surface area contributed by atoms with Crippen LogP contribution < -0.4 is 0 Å². The first kappa shape index (κ1) is 18.6. The number of unbranched alkanes of at least 4 members (excludes halogenated alkanes) is 1. The number of hydrogen-bond acceptors (Lipinski definition) is 5. The Labute approximate surface area is 121 Å². The Morgan fingerprint density at radius 1 is 1.25 bits per heavy atom. The number of aliphatic hydroxyl groups is 1. The molecular formula is C15H26O5. The zero-order chi connectivity index (χ0) is 15.6. The van der Waals surface area contributed by atoms with Gasteiger partial charge < -0.3 is 14.6 Å². The molecule has 1 unspecified atom stereocenters. The summed E-state index contributed by atoms with van der Waals surface area (Å²) in [5.74, 6) is 0.0955. The molecule has 0 aliphatic carbocycles. The van der Waals surface area contributed by atoms with Crippen molar-refractivity contribution < 1.29 is 24.2 Å². The van der Waals surface area contributed by atoms with Gasteiger partial charge in [0.15, 0.2) is 0 Å². The molecule has 0 rings (SSSR count). The molecule has 0 aromatic rings. The third-order valence-electron chi connectivity index (χ3n) is 2.47. The van der Waals surface area contributed by atoms with E-state index in [1.807, 2.05) is 0 Å². The third kappa shape index (κ3) is 10.6. The fraction of sp³-hybridized carbons (Fsp3) is 0.733. The monoisotopic (exact) mass is 286 g/mol. The summed E-state index contributed by atoms with van der Waals surface area (Å²) in [6.07, 6.45) is 2.70. The molecule has 20 heavy (non-hydrogen) atoms. The Hall–Kier alpha value is -1.36. The maximum Gasteiger partial charge on any atom is 0.509 e. The number of carbonyl (C=O) groups excluding carboxylic acids is 2. The van der Waals surface area contributed by atoms with E-state index < -0.39 is 17.9 Å². The molecule has 0 aliphatic heterocycles. The quantitative estimate of drug-likeness (QED) is 0.401. The van der Waals surface area contributed by atoms with E-state index in [9.17, 15) is 9.59 Å². The number of rotatable bonds is 9. The molecule has 0 aromatic heterocycles. The molecule has 0 spiro atoms. The molecule has 5 nitrogen and oxygen atoms in total. The number of aliphatic hydroxyl groups excluding tert-OH is 1. The molecule has 0 bridgehead atoms. The van der Waals surface area contributed by atoms with Gasteiger partial charge >= 0.3 is 6.16 Å². The van der Waals surface area contributed by atoms with Gasteiger partial charge in [-0.05, 0) is 40.0 Å². The van der Waals surface area contributed by atoms with Gasteiger partial charge in [-0.2, -0.15) is 0 Å². The minimum atomic E-state index is -0.755. The summed E-state index contributed by atoms with van der Waals surface area (Å²) >= 11 is 0. The van der Waals surface area contributed by atoms with Gasteiger partial charge in [0, 0.05) is 19.4 Å². The van der Waals surface area contributed by atoms with Crippen LogP contribution in [0, 0.1) is 0 Å². The van der Waals surface area contributed by atoms with Gasteiger partial charge in [-0.25, -0.2) is 4.79 Å². The molecule has 5 heteroatoms. The summed E-state index contributed by atoms with van der Waals surface area (Å²) in [5.41, 5.74) is -0.608. The molecule has 0 saturated carbocycles. The van der Waals surface area contributed by atoms with Crippen molar-refractivity contribution in [3.63, 3.8) is 0 Å². The standard InChI is InChI=1S/C15H26O5/c1-5-13(19-14(18)20-15(2,3)4)10-9-12(17)8-6-7-11-16/h5,13,16H,1,6-11H2,2-4H3. The molecule has 0 fully saturated rings. The van der Waals surface area contributed by atoms with E-state index in [0.717, 1.165) is 0 Å². The highest BCUT2D eigenvalue weighted by molar-refractivity contribution is 5.78. The molecule has 0 saturated heterocycles. The Bertz CT molecular complexity index is 317. The van der Waals surface area contributed by atoms with Gasteiger partial charge in [-0.1, -0.05) is 12.7 Å². The van der Waals surface area contributed by atoms with Crippen molar-refractivity contribution in [2.45, 2.75) is 64.6 Å². The van der Waals surface area contributed by atoms with E-state index >= 15 is 0 Å². The van der Waals surface area contributed by atoms with Crippen LogP contribution in [-0.2, 0) is 14.3 Å². The van der Waals surface area contributed by atoms with Gasteiger partial charge in [0.2, 0.25) is 0 Å². The second-order valence-corrected chi connectivity index (χ2v) is 5.61. The maximum atomic E-state index is 11.6. The minimum absolute atomic E-state index is 0.0955. The Morgan fingerprint density at radius 3 is 2.40 bits per heavy atom. The zero-order valence-electron chi connectivity index (χ0n) is 12.7. The minimum Gasteiger partial charge on any atom is -0.429 e. The lowest BCUT2D eigenvalue weighted by Gasteiger charge is -2.21. The van der Waals surface area contributed by atoms with Gasteiger partial charge in [-0.15, -0.1) is 0 Å². The fourth-order valence-corrected chi connectivity index (χ4v) is 1.48. The lowest BCUT2D eigenvalue weighted by atomic mass is 10.1. The molecule has 116 valence electrons. The highest BCUT2D eigenvalue weighted by Gasteiger charge is 2.20. The van der Waals surface area contributed by atoms with Crippen LogP contribution >= 0.6 is 0 Å². The largest absolute Gasteiger partial charge is 0.509 e. The number of Topliss-reactive ketones (excluding diaryl/α,β-unsaturated/α-hetero) is 1. The highest BCUT2D eigenvalue weighted by Crippen LogP contribution is 2.12. The molecule has 0 amide bonds. The van der Waals surface area contributed by atoms with Crippen LogP contribution in [-0.4, -0.2) is 35.4 Å². The fourth-order valence-electron chi connectivity index (χ4n) is 1.48. The van der Waals surface area contributed by atoms with Crippen molar-refractivity contribution in [1.82, 2.24) is 0 Å². The third-order valence-corrected chi connectivity index (χ3v) is 2.47. The number of hydrogen-bond donors (Lipinski definition) is 1. The van der Waals surface area contributed by atoms with E-state index in [2.05, 4.69) is 6.58 Å². The van der Waals surface area contributed by atoms with Crippen molar-refractivity contribution >= 4 is 11.9 Å². The second-order valence-electron chi connectivity index (χ2n) is 5.61. The van der Waals surface area contributed by atoms with E-state index in [1.54, 1.807) is 20.8 Å². The smallest absolute Gasteiger partial charge is 0.429 e. The maximum absolute atomic E-state index is 11.6. The molecule has 1 atom stereocenters. The van der Waals surface area contributed by atoms with Crippen LogP contribution in [0.1, 0.15) is 52.9 Å². The van der Waals surface area contributed by atoms with Gasteiger partial charge in [-0.3, -0.25) is 4.79 Å². The van der Waals surface area contributed by atoms with E-state index in [0.29, 0.717) is 32.1 Å². The van der Waals surface area contributed by atoms with Gasteiger partial charge in [0.05, 0.1) is 0 Å². The normalized spacial score (nSPS) is 12.6. The predicted molar refractivity (Wildman–Crippen MR) is 76.5 cm³/mol. The zero-order valence-corrected chi connectivity index (χ0v) is 12.7. The van der Waals surface area contributed by atoms with Crippen molar-refractivity contribution in [3.8, 4) is 0 Å². The highest BCUT2D eigenvalue weighted by atomic mass is 16.7. The SMILES string of the molecule is C=CC(CCC(=O)CCCCO)OC(=O)OC(C)(C)C. The topological polar surface area (TPSA) is 72.8 Å². The molecule has 0 aromatic carbocycles. The molecule has 0 radical (unpaired) electrons. The van der Waals surface area contributed by atoms with E-state index in [4.69, 9.17) is 14.6 Å². The lowest BCUT2D eigenvalue weighted by Crippen LogP contribution is -2.27. The van der Waals surface area contributed by atoms with Crippen LogP contribution in [0.2, 0.25) is 0 Å². The first-order chi connectivity index (χ1) is 9.28. The van der Waals surface area contributed by atoms with Gasteiger partial charge in [0.1, 0.15) is 17.5 Å². The summed E-state index contributed by atoms with van der Waals surface area (Å²) in [5, 5.41) is 8.63. The Balaban J connectivity index is 4.01. The second kappa shape index (κ2) is 9.53. The molecule has 0 heterocycles. The average Bonchev–Trinajstić information content (AvgIpc) is 2.32. The average molecular weight is 286 g/mol. The van der Waals surface area contributed by atoms with Crippen molar-refractivity contribution in [2.75, 3.05) is 6.61 Å². The van der Waals surface area contributed by atoms with E-state index in [1.165, 1.54) is 6.08 Å². The summed E-state index contributed by atoms with van der Waals surface area (Å²) < 4.78 is 10.1. The number of carbonyl (C=O) groups is 2. The van der Waals surface area contributed by atoms with Crippen LogP contribution in [0.3, 0.4) is 0 Å². The Morgan fingerprint density at radius 2 is 1.90 bits per heavy atom. The molecule has 1 N–H and O–H groups in total. The summed E-state index contributed by atoms with van der Waals surface area (Å²) in [7, 11) is 0. The summed E-state index contributed by atoms with van der Waals surface area (Å²) in [6, 6.07) is 0. The number of ketones is 1. The predicted octanol–water partition coefficient (Wildman–Crippen LogP) is 3.00. The summed E-state index contributed by atoms with van der Waals surface area (Å²) in [6.45, 7) is 8.94. The van der Waals surface area contributed by atoms with Crippen molar-refractivity contribution in [3.05, 3.63) is 12.7 Å². The molecular weight excluding hydrogens is 260 g/mol. The van der Waals surface area contributed by atoms with Crippen LogP contribution in [0.25, 0.3) is 0 Å². The first-order valence-electron chi connectivity index (χ1n) is 6.93. The van der Waals surface area contributed by atoms with Crippen LogP contribution in [0.15, 0.2) is 12.7 Å². The van der Waals surface area contributed by atoms with E-state index in [-0.39, 0.29) is 12.4 Å². The first-order valence-corrected chi connectivity index (χ1v) is 6.93. The van der Waals surface area contributed by atoms with Crippen LogP contribution in [0.4, 0.5) is 4.79 Å². The number of ether oxygens (including phenoxy) is 2. The lowest BCUT2D eigenvalue weighted by molar-refractivity contribution is -0.119. The molecule has 0 aliphatic rings.